The monoisotopic (exact) mass is 438 g/mol. The fraction of sp³-hybridized carbons (Fsp3) is 0.0769. The van der Waals surface area contributed by atoms with Crippen molar-refractivity contribution in [1.82, 2.24) is 9.78 Å². The lowest BCUT2D eigenvalue weighted by Crippen LogP contribution is -2.32. The highest BCUT2D eigenvalue weighted by Gasteiger charge is 2.16. The number of para-hydroxylation sites is 1. The molecule has 0 unspecified atom stereocenters. The van der Waals surface area contributed by atoms with E-state index in [-0.39, 0.29) is 12.2 Å². The fourth-order valence-electron chi connectivity index (χ4n) is 3.31. The number of amides is 2. The molecular formula is C26H22N4O3. The first-order valence-corrected chi connectivity index (χ1v) is 10.4. The van der Waals surface area contributed by atoms with Gasteiger partial charge in [0.15, 0.2) is 0 Å². The summed E-state index contributed by atoms with van der Waals surface area (Å²) in [6, 6.07) is 26.7. The van der Waals surface area contributed by atoms with E-state index in [1.54, 1.807) is 36.4 Å². The maximum atomic E-state index is 13.1. The van der Waals surface area contributed by atoms with Crippen molar-refractivity contribution in [2.24, 2.45) is 0 Å². The molecule has 0 spiro atoms. The molecule has 0 saturated carbocycles. The van der Waals surface area contributed by atoms with Gasteiger partial charge in [-0.1, -0.05) is 66.7 Å². The second kappa shape index (κ2) is 9.74. The smallest absolute Gasteiger partial charge is 0.291 e. The highest BCUT2D eigenvalue weighted by molar-refractivity contribution is 6.04. The van der Waals surface area contributed by atoms with Gasteiger partial charge in [-0.15, -0.1) is 0 Å². The van der Waals surface area contributed by atoms with Crippen molar-refractivity contribution in [2.45, 2.75) is 13.5 Å². The van der Waals surface area contributed by atoms with Crippen LogP contribution < -0.4 is 16.2 Å². The van der Waals surface area contributed by atoms with Gasteiger partial charge in [-0.25, -0.2) is 4.68 Å². The van der Waals surface area contributed by atoms with Crippen molar-refractivity contribution in [3.05, 3.63) is 112 Å². The minimum Gasteiger partial charge on any atom is -0.324 e. The predicted octanol–water partition coefficient (Wildman–Crippen LogP) is 4.11. The molecule has 3 aromatic carbocycles. The Labute approximate surface area is 190 Å². The molecule has 4 rings (SSSR count). The number of anilines is 2. The van der Waals surface area contributed by atoms with Crippen LogP contribution >= 0.6 is 0 Å². The number of nitrogens with zero attached hydrogens (tertiary/aromatic N) is 2. The van der Waals surface area contributed by atoms with Gasteiger partial charge in [-0.2, -0.15) is 5.10 Å². The number of aromatic nitrogens is 2. The van der Waals surface area contributed by atoms with Gasteiger partial charge in [-0.05, 0) is 36.8 Å². The van der Waals surface area contributed by atoms with E-state index in [0.717, 1.165) is 15.8 Å². The number of aryl methyl sites for hydroxylation is 1. The van der Waals surface area contributed by atoms with Crippen LogP contribution in [0.3, 0.4) is 0 Å². The summed E-state index contributed by atoms with van der Waals surface area (Å²) in [6.07, 6.45) is 0. The molecule has 4 aromatic rings. The Hall–Kier alpha value is -4.52. The third kappa shape index (κ3) is 5.22. The number of nitrogens with one attached hydrogen (secondary N) is 2. The van der Waals surface area contributed by atoms with E-state index in [1.807, 2.05) is 55.5 Å². The number of benzene rings is 3. The first kappa shape index (κ1) is 21.7. The molecule has 7 heteroatoms. The Bertz CT molecular complexity index is 1350. The van der Waals surface area contributed by atoms with Crippen molar-refractivity contribution in [2.75, 3.05) is 10.6 Å². The van der Waals surface area contributed by atoms with Crippen LogP contribution in [0.4, 0.5) is 11.4 Å². The first-order chi connectivity index (χ1) is 16.0. The first-order valence-electron chi connectivity index (χ1n) is 10.4. The zero-order valence-electron chi connectivity index (χ0n) is 18.0. The van der Waals surface area contributed by atoms with Crippen LogP contribution in [-0.2, 0) is 11.3 Å². The quantitative estimate of drug-likeness (QED) is 0.474. The van der Waals surface area contributed by atoms with E-state index in [2.05, 4.69) is 15.7 Å². The van der Waals surface area contributed by atoms with Gasteiger partial charge in [0.05, 0.1) is 5.69 Å². The number of hydrogen-bond acceptors (Lipinski definition) is 4. The van der Waals surface area contributed by atoms with E-state index in [0.29, 0.717) is 16.9 Å². The Morgan fingerprint density at radius 1 is 0.818 bits per heavy atom. The minimum absolute atomic E-state index is 0.0430. The average Bonchev–Trinajstić information content (AvgIpc) is 2.84. The summed E-state index contributed by atoms with van der Waals surface area (Å²) in [5.41, 5.74) is 2.66. The molecule has 0 saturated heterocycles. The lowest BCUT2D eigenvalue weighted by molar-refractivity contribution is -0.117. The molecule has 1 aromatic heterocycles. The van der Waals surface area contributed by atoms with Crippen molar-refractivity contribution in [1.29, 1.82) is 0 Å². The van der Waals surface area contributed by atoms with Gasteiger partial charge >= 0.3 is 0 Å². The zero-order valence-corrected chi connectivity index (χ0v) is 18.0. The summed E-state index contributed by atoms with van der Waals surface area (Å²) in [4.78, 5) is 38.4. The van der Waals surface area contributed by atoms with E-state index >= 15 is 0 Å². The van der Waals surface area contributed by atoms with Gasteiger partial charge in [0.25, 0.3) is 11.5 Å². The SMILES string of the molecule is Cc1ccccc1NC(=O)Cn1nc(-c2ccccc2)cc(NC(=O)c2ccccc2)c1=O. The minimum atomic E-state index is -0.570. The molecule has 0 bridgehead atoms. The molecule has 0 fully saturated rings. The molecule has 2 N–H and O–H groups in total. The lowest BCUT2D eigenvalue weighted by Gasteiger charge is -2.13. The summed E-state index contributed by atoms with van der Waals surface area (Å²) >= 11 is 0. The summed E-state index contributed by atoms with van der Waals surface area (Å²) in [7, 11) is 0. The summed E-state index contributed by atoms with van der Waals surface area (Å²) < 4.78 is 1.07. The van der Waals surface area contributed by atoms with Crippen molar-refractivity contribution >= 4 is 23.2 Å². The number of carbonyl (C=O) groups is 2. The van der Waals surface area contributed by atoms with Crippen molar-refractivity contribution in [3.8, 4) is 11.3 Å². The Morgan fingerprint density at radius 2 is 1.45 bits per heavy atom. The normalized spacial score (nSPS) is 10.5. The molecule has 33 heavy (non-hydrogen) atoms. The van der Waals surface area contributed by atoms with Gasteiger partial charge < -0.3 is 10.6 Å². The Balaban J connectivity index is 1.67. The molecule has 0 aliphatic carbocycles. The van der Waals surface area contributed by atoms with Gasteiger partial charge in [0.2, 0.25) is 5.91 Å². The molecular weight excluding hydrogens is 416 g/mol. The third-order valence-electron chi connectivity index (χ3n) is 5.04. The number of hydrogen-bond donors (Lipinski definition) is 2. The van der Waals surface area contributed by atoms with E-state index in [1.165, 1.54) is 6.07 Å². The topological polar surface area (TPSA) is 93.1 Å². The molecule has 1 heterocycles. The zero-order chi connectivity index (χ0) is 23.2. The van der Waals surface area contributed by atoms with Crippen molar-refractivity contribution < 1.29 is 9.59 Å². The average molecular weight is 438 g/mol. The van der Waals surface area contributed by atoms with Crippen LogP contribution in [0.15, 0.2) is 95.8 Å². The molecule has 164 valence electrons. The summed E-state index contributed by atoms with van der Waals surface area (Å²) in [5, 5.41) is 9.85. The molecule has 0 aliphatic rings. The maximum absolute atomic E-state index is 13.1. The van der Waals surface area contributed by atoms with E-state index in [9.17, 15) is 14.4 Å². The number of carbonyl (C=O) groups excluding carboxylic acids is 2. The second-order valence-electron chi connectivity index (χ2n) is 7.46. The standard InChI is InChI=1S/C26H22N4O3/c1-18-10-8-9-15-21(18)27-24(31)17-30-26(33)23(28-25(32)20-13-6-3-7-14-20)16-22(29-30)19-11-4-2-5-12-19/h2-16H,17H2,1H3,(H,27,31)(H,28,32). The van der Waals surface area contributed by atoms with Crippen LogP contribution in [0.25, 0.3) is 11.3 Å². The van der Waals surface area contributed by atoms with Crippen LogP contribution in [0.2, 0.25) is 0 Å². The summed E-state index contributed by atoms with van der Waals surface area (Å²) in [6.45, 7) is 1.58. The maximum Gasteiger partial charge on any atom is 0.291 e. The molecule has 0 atom stereocenters. The number of rotatable bonds is 6. The highest BCUT2D eigenvalue weighted by atomic mass is 16.2. The highest BCUT2D eigenvalue weighted by Crippen LogP contribution is 2.18. The molecule has 0 aliphatic heterocycles. The van der Waals surface area contributed by atoms with E-state index < -0.39 is 17.4 Å². The fourth-order valence-corrected chi connectivity index (χ4v) is 3.31. The predicted molar refractivity (Wildman–Crippen MR) is 128 cm³/mol. The van der Waals surface area contributed by atoms with Gasteiger partial charge in [-0.3, -0.25) is 14.4 Å². The largest absolute Gasteiger partial charge is 0.324 e. The lowest BCUT2D eigenvalue weighted by atomic mass is 10.1. The van der Waals surface area contributed by atoms with Gasteiger partial charge in [0, 0.05) is 16.8 Å². The van der Waals surface area contributed by atoms with E-state index in [4.69, 9.17) is 0 Å². The Morgan fingerprint density at radius 3 is 2.15 bits per heavy atom. The van der Waals surface area contributed by atoms with Crippen LogP contribution in [-0.4, -0.2) is 21.6 Å². The molecule has 0 radical (unpaired) electrons. The Kier molecular flexibility index (Phi) is 6.40. The molecule has 7 nitrogen and oxygen atoms in total. The van der Waals surface area contributed by atoms with Crippen LogP contribution in [0.5, 0.6) is 0 Å². The van der Waals surface area contributed by atoms with Crippen LogP contribution in [0.1, 0.15) is 15.9 Å². The molecule has 2 amide bonds. The third-order valence-corrected chi connectivity index (χ3v) is 5.04. The second-order valence-corrected chi connectivity index (χ2v) is 7.46. The van der Waals surface area contributed by atoms with Gasteiger partial charge in [0.1, 0.15) is 12.2 Å². The summed E-state index contributed by atoms with van der Waals surface area (Å²) in [5.74, 6) is -0.821. The van der Waals surface area contributed by atoms with Crippen molar-refractivity contribution in [3.63, 3.8) is 0 Å². The van der Waals surface area contributed by atoms with Crippen LogP contribution in [0, 0.1) is 6.92 Å².